The number of carbonyl (C=O) groups excluding carboxylic acids is 1. The number of nitrogens with zero attached hydrogens (tertiary/aromatic N) is 1. The summed E-state index contributed by atoms with van der Waals surface area (Å²) in [6.07, 6.45) is 19.5. The van der Waals surface area contributed by atoms with Crippen molar-refractivity contribution in [2.75, 3.05) is 0 Å². The Kier molecular flexibility index (Phi) is 14.3. The van der Waals surface area contributed by atoms with Crippen LogP contribution in [-0.2, 0) is 4.79 Å². The molecule has 0 saturated heterocycles. The Labute approximate surface area is 158 Å². The van der Waals surface area contributed by atoms with Crippen molar-refractivity contribution in [2.24, 2.45) is 5.10 Å². The largest absolute Gasteiger partial charge is 0.273 e. The number of nitrogens with one attached hydrogen (secondary N) is 1. The number of amides is 1. The van der Waals surface area contributed by atoms with E-state index < -0.39 is 0 Å². The monoisotopic (exact) mass is 364 g/mol. The first kappa shape index (κ1) is 21.9. The van der Waals surface area contributed by atoms with Gasteiger partial charge in [0.25, 0.3) is 0 Å². The van der Waals surface area contributed by atoms with E-state index in [9.17, 15) is 4.79 Å². The smallest absolute Gasteiger partial charge is 0.240 e. The highest BCUT2D eigenvalue weighted by atomic mass is 32.1. The molecule has 0 aromatic carbocycles. The molecule has 1 aromatic rings. The summed E-state index contributed by atoms with van der Waals surface area (Å²) in [5, 5.41) is 5.98. The van der Waals surface area contributed by atoms with E-state index in [0.29, 0.717) is 6.42 Å². The summed E-state index contributed by atoms with van der Waals surface area (Å²) in [5.74, 6) is 0.0240. The highest BCUT2D eigenvalue weighted by molar-refractivity contribution is 7.11. The maximum absolute atomic E-state index is 11.7. The molecule has 0 spiro atoms. The van der Waals surface area contributed by atoms with Crippen molar-refractivity contribution in [1.29, 1.82) is 0 Å². The van der Waals surface area contributed by atoms with Gasteiger partial charge in [0.15, 0.2) is 0 Å². The van der Waals surface area contributed by atoms with E-state index >= 15 is 0 Å². The van der Waals surface area contributed by atoms with Crippen LogP contribution in [0.4, 0.5) is 0 Å². The SMILES string of the molecule is CCCCCCCCCCCCCCCC(=O)N/N=C/c1cccs1. The van der Waals surface area contributed by atoms with Gasteiger partial charge in [-0.3, -0.25) is 4.79 Å². The van der Waals surface area contributed by atoms with Gasteiger partial charge in [-0.1, -0.05) is 90.0 Å². The molecule has 0 aliphatic heterocycles. The van der Waals surface area contributed by atoms with Gasteiger partial charge in [0.05, 0.1) is 6.21 Å². The topological polar surface area (TPSA) is 41.5 Å². The Bertz CT molecular complexity index is 443. The molecule has 1 heterocycles. The third-order valence-electron chi connectivity index (χ3n) is 4.43. The molecule has 1 aromatic heterocycles. The maximum Gasteiger partial charge on any atom is 0.240 e. The van der Waals surface area contributed by atoms with Gasteiger partial charge in [0.1, 0.15) is 0 Å². The first-order valence-corrected chi connectivity index (χ1v) is 11.1. The standard InChI is InChI=1S/C21H36N2OS/c1-2-3-4-5-6-7-8-9-10-11-12-13-14-17-21(24)23-22-19-20-16-15-18-25-20/h15-16,18-19H,2-14,17H2,1H3,(H,23,24)/b22-19+. The van der Waals surface area contributed by atoms with Gasteiger partial charge in [-0.25, -0.2) is 5.43 Å². The van der Waals surface area contributed by atoms with Crippen molar-refractivity contribution >= 4 is 23.5 Å². The zero-order chi connectivity index (χ0) is 18.0. The van der Waals surface area contributed by atoms with E-state index in [2.05, 4.69) is 17.5 Å². The summed E-state index contributed by atoms with van der Waals surface area (Å²) in [6, 6.07) is 3.95. The van der Waals surface area contributed by atoms with E-state index in [-0.39, 0.29) is 5.91 Å². The van der Waals surface area contributed by atoms with Crippen LogP contribution in [0.15, 0.2) is 22.6 Å². The fourth-order valence-corrected chi connectivity index (χ4v) is 3.48. The number of hydrazone groups is 1. The Morgan fingerprint density at radius 3 is 2.04 bits per heavy atom. The van der Waals surface area contributed by atoms with Crippen molar-refractivity contribution in [2.45, 2.75) is 96.8 Å². The van der Waals surface area contributed by atoms with Gasteiger partial charge in [0.2, 0.25) is 5.91 Å². The minimum atomic E-state index is 0.0240. The summed E-state index contributed by atoms with van der Waals surface area (Å²) >= 11 is 1.61. The maximum atomic E-state index is 11.7. The molecule has 0 saturated carbocycles. The van der Waals surface area contributed by atoms with Crippen LogP contribution in [0, 0.1) is 0 Å². The van der Waals surface area contributed by atoms with Crippen LogP contribution in [0.5, 0.6) is 0 Å². The molecule has 0 aliphatic carbocycles. The van der Waals surface area contributed by atoms with E-state index in [4.69, 9.17) is 0 Å². The molecule has 1 N–H and O–H groups in total. The molecule has 0 radical (unpaired) electrons. The van der Waals surface area contributed by atoms with Crippen LogP contribution in [0.3, 0.4) is 0 Å². The normalized spacial score (nSPS) is 11.2. The van der Waals surface area contributed by atoms with Crippen molar-refractivity contribution in [3.05, 3.63) is 22.4 Å². The predicted molar refractivity (Wildman–Crippen MR) is 110 cm³/mol. The van der Waals surface area contributed by atoms with E-state index in [1.807, 2.05) is 17.5 Å². The summed E-state index contributed by atoms with van der Waals surface area (Å²) in [5.41, 5.74) is 2.60. The second-order valence-electron chi connectivity index (χ2n) is 6.80. The average Bonchev–Trinajstić information content (AvgIpc) is 3.12. The van der Waals surface area contributed by atoms with Crippen LogP contribution in [0.25, 0.3) is 0 Å². The quantitative estimate of drug-likeness (QED) is 0.198. The number of unbranched alkanes of at least 4 members (excludes halogenated alkanes) is 12. The Morgan fingerprint density at radius 1 is 0.960 bits per heavy atom. The molecule has 0 atom stereocenters. The van der Waals surface area contributed by atoms with Crippen molar-refractivity contribution in [1.82, 2.24) is 5.43 Å². The summed E-state index contributed by atoms with van der Waals surface area (Å²) in [6.45, 7) is 2.27. The van der Waals surface area contributed by atoms with Crippen molar-refractivity contribution in [3.8, 4) is 0 Å². The molecule has 25 heavy (non-hydrogen) atoms. The van der Waals surface area contributed by atoms with Crippen LogP contribution in [0.2, 0.25) is 0 Å². The minimum Gasteiger partial charge on any atom is -0.273 e. The lowest BCUT2D eigenvalue weighted by Gasteiger charge is -2.03. The molecule has 4 heteroatoms. The van der Waals surface area contributed by atoms with Gasteiger partial charge in [-0.2, -0.15) is 5.10 Å². The van der Waals surface area contributed by atoms with Crippen LogP contribution in [-0.4, -0.2) is 12.1 Å². The third-order valence-corrected chi connectivity index (χ3v) is 5.24. The molecule has 0 fully saturated rings. The second kappa shape index (κ2) is 16.3. The van der Waals surface area contributed by atoms with Crippen LogP contribution >= 0.6 is 11.3 Å². The van der Waals surface area contributed by atoms with E-state index in [1.54, 1.807) is 17.6 Å². The molecule has 3 nitrogen and oxygen atoms in total. The van der Waals surface area contributed by atoms with Crippen molar-refractivity contribution < 1.29 is 4.79 Å². The van der Waals surface area contributed by atoms with Gasteiger partial charge < -0.3 is 0 Å². The minimum absolute atomic E-state index is 0.0240. The highest BCUT2D eigenvalue weighted by Gasteiger charge is 1.99. The van der Waals surface area contributed by atoms with E-state index in [0.717, 1.165) is 17.7 Å². The Hall–Kier alpha value is -1.16. The van der Waals surface area contributed by atoms with Gasteiger partial charge in [-0.15, -0.1) is 11.3 Å². The third kappa shape index (κ3) is 13.8. The molecular weight excluding hydrogens is 328 g/mol. The summed E-state index contributed by atoms with van der Waals surface area (Å²) in [7, 11) is 0. The number of hydrogen-bond donors (Lipinski definition) is 1. The second-order valence-corrected chi connectivity index (χ2v) is 7.78. The number of thiophene rings is 1. The highest BCUT2D eigenvalue weighted by Crippen LogP contribution is 2.12. The molecule has 0 unspecified atom stereocenters. The van der Waals surface area contributed by atoms with Crippen molar-refractivity contribution in [3.63, 3.8) is 0 Å². The number of carbonyl (C=O) groups is 1. The fourth-order valence-electron chi connectivity index (χ4n) is 2.89. The fraction of sp³-hybridized carbons (Fsp3) is 0.714. The molecule has 1 amide bonds. The first-order valence-electron chi connectivity index (χ1n) is 10.2. The summed E-state index contributed by atoms with van der Waals surface area (Å²) < 4.78 is 0. The predicted octanol–water partition coefficient (Wildman–Crippen LogP) is 6.68. The Balaban J connectivity index is 1.80. The molecule has 0 aliphatic rings. The lowest BCUT2D eigenvalue weighted by molar-refractivity contribution is -0.121. The lowest BCUT2D eigenvalue weighted by atomic mass is 10.0. The first-order chi connectivity index (χ1) is 12.3. The molecule has 0 bridgehead atoms. The van der Waals surface area contributed by atoms with Gasteiger partial charge >= 0.3 is 0 Å². The van der Waals surface area contributed by atoms with Gasteiger partial charge in [-0.05, 0) is 17.9 Å². The van der Waals surface area contributed by atoms with Crippen LogP contribution in [0.1, 0.15) is 102 Å². The molecule has 142 valence electrons. The zero-order valence-electron chi connectivity index (χ0n) is 16.0. The summed E-state index contributed by atoms with van der Waals surface area (Å²) in [4.78, 5) is 12.7. The molecule has 1 rings (SSSR count). The van der Waals surface area contributed by atoms with Crippen LogP contribution < -0.4 is 5.43 Å². The Morgan fingerprint density at radius 2 is 1.52 bits per heavy atom. The number of rotatable bonds is 16. The molecular formula is C21H36N2OS. The van der Waals surface area contributed by atoms with E-state index in [1.165, 1.54) is 70.6 Å². The lowest BCUT2D eigenvalue weighted by Crippen LogP contribution is -2.16. The zero-order valence-corrected chi connectivity index (χ0v) is 16.8. The van der Waals surface area contributed by atoms with Gasteiger partial charge in [0, 0.05) is 11.3 Å². The average molecular weight is 365 g/mol. The number of hydrogen-bond acceptors (Lipinski definition) is 3.